The van der Waals surface area contributed by atoms with E-state index < -0.39 is 5.97 Å². The van der Waals surface area contributed by atoms with Crippen LogP contribution in [0.25, 0.3) is 0 Å². The van der Waals surface area contributed by atoms with E-state index in [1.54, 1.807) is 18.2 Å². The van der Waals surface area contributed by atoms with Crippen molar-refractivity contribution in [3.05, 3.63) is 67.6 Å². The lowest BCUT2D eigenvalue weighted by Crippen LogP contribution is -2.05. The lowest BCUT2D eigenvalue weighted by atomic mass is 10.00. The van der Waals surface area contributed by atoms with E-state index in [2.05, 4.69) is 31.9 Å². The first-order valence-corrected chi connectivity index (χ1v) is 7.31. The third kappa shape index (κ3) is 3.35. The highest BCUT2D eigenvalue weighted by Gasteiger charge is 2.14. The summed E-state index contributed by atoms with van der Waals surface area (Å²) in [6, 6.07) is 9.85. The van der Waals surface area contributed by atoms with Crippen molar-refractivity contribution >= 4 is 43.6 Å². The van der Waals surface area contributed by atoms with E-state index in [1.165, 1.54) is 12.1 Å². The number of aryl methyl sites for hydroxylation is 1. The molecule has 0 aliphatic rings. The molecule has 0 aliphatic carbocycles. The summed E-state index contributed by atoms with van der Waals surface area (Å²) in [7, 11) is 0. The summed E-state index contributed by atoms with van der Waals surface area (Å²) in [4.78, 5) is 23.5. The molecule has 0 amide bonds. The van der Waals surface area contributed by atoms with Crippen LogP contribution in [0.3, 0.4) is 0 Å². The Kier molecular flexibility index (Phi) is 4.40. The minimum atomic E-state index is -1.06. The van der Waals surface area contributed by atoms with Crippen molar-refractivity contribution in [1.29, 1.82) is 0 Å². The molecule has 2 rings (SSSR count). The van der Waals surface area contributed by atoms with Crippen LogP contribution in [0, 0.1) is 6.92 Å². The van der Waals surface area contributed by atoms with Gasteiger partial charge in [-0.25, -0.2) is 4.79 Å². The first kappa shape index (κ1) is 14.9. The molecule has 1 N–H and O–H groups in total. The maximum atomic E-state index is 12.4. The van der Waals surface area contributed by atoms with Gasteiger partial charge in [0, 0.05) is 20.1 Å². The molecule has 0 spiro atoms. The van der Waals surface area contributed by atoms with Gasteiger partial charge in [0.05, 0.1) is 5.56 Å². The van der Waals surface area contributed by atoms with Crippen LogP contribution in [0.15, 0.2) is 45.3 Å². The van der Waals surface area contributed by atoms with Crippen LogP contribution >= 0.6 is 31.9 Å². The Morgan fingerprint density at radius 3 is 1.90 bits per heavy atom. The van der Waals surface area contributed by atoms with Crippen molar-refractivity contribution in [1.82, 2.24) is 0 Å². The molecule has 2 aromatic rings. The van der Waals surface area contributed by atoms with Crippen LogP contribution in [0.4, 0.5) is 0 Å². The number of benzene rings is 2. The number of carbonyl (C=O) groups is 2. The molecule has 20 heavy (non-hydrogen) atoms. The summed E-state index contributed by atoms with van der Waals surface area (Å²) in [6.45, 7) is 1.89. The van der Waals surface area contributed by atoms with Gasteiger partial charge >= 0.3 is 5.97 Å². The van der Waals surface area contributed by atoms with Crippen LogP contribution in [0.2, 0.25) is 0 Å². The second-order valence-electron chi connectivity index (χ2n) is 4.38. The van der Waals surface area contributed by atoms with Gasteiger partial charge < -0.3 is 5.11 Å². The van der Waals surface area contributed by atoms with Crippen LogP contribution in [0.5, 0.6) is 0 Å². The fourth-order valence-electron chi connectivity index (χ4n) is 1.88. The summed E-state index contributed by atoms with van der Waals surface area (Å²) in [6.07, 6.45) is 0. The molecule has 0 aromatic heterocycles. The Labute approximate surface area is 132 Å². The Hall–Kier alpha value is -1.46. The SMILES string of the molecule is Cc1cc(Br)cc(C(=O)c2cc(Br)cc(C(=O)O)c2)c1. The molecule has 0 fully saturated rings. The van der Waals surface area contributed by atoms with Crippen molar-refractivity contribution in [2.75, 3.05) is 0 Å². The maximum absolute atomic E-state index is 12.4. The fourth-order valence-corrected chi connectivity index (χ4v) is 2.98. The summed E-state index contributed by atoms with van der Waals surface area (Å²) in [5.74, 6) is -1.27. The number of aromatic carboxylic acids is 1. The van der Waals surface area contributed by atoms with Crippen LogP contribution in [0.1, 0.15) is 31.8 Å². The highest BCUT2D eigenvalue weighted by molar-refractivity contribution is 9.10. The van der Waals surface area contributed by atoms with E-state index in [9.17, 15) is 9.59 Å². The van der Waals surface area contributed by atoms with Gasteiger partial charge in [-0.2, -0.15) is 0 Å². The number of carboxylic acid groups (broad SMARTS) is 1. The van der Waals surface area contributed by atoms with E-state index in [0.29, 0.717) is 15.6 Å². The summed E-state index contributed by atoms with van der Waals surface area (Å²) in [5, 5.41) is 9.03. The molecule has 0 radical (unpaired) electrons. The first-order chi connectivity index (χ1) is 9.36. The molecular formula is C15H10Br2O3. The maximum Gasteiger partial charge on any atom is 0.335 e. The van der Waals surface area contributed by atoms with Gasteiger partial charge in [-0.1, -0.05) is 31.9 Å². The van der Waals surface area contributed by atoms with Crippen LogP contribution in [-0.2, 0) is 0 Å². The minimum absolute atomic E-state index is 0.0782. The molecule has 102 valence electrons. The summed E-state index contributed by atoms with van der Waals surface area (Å²) < 4.78 is 1.38. The van der Waals surface area contributed by atoms with Crippen molar-refractivity contribution in [2.45, 2.75) is 6.92 Å². The molecule has 3 nitrogen and oxygen atoms in total. The van der Waals surface area contributed by atoms with Crippen molar-refractivity contribution in [3.63, 3.8) is 0 Å². The number of ketones is 1. The average molecular weight is 398 g/mol. The van der Waals surface area contributed by atoms with Gasteiger partial charge in [-0.05, 0) is 48.9 Å². The molecule has 0 bridgehead atoms. The zero-order chi connectivity index (χ0) is 14.9. The summed E-state index contributed by atoms with van der Waals surface area (Å²) in [5.41, 5.74) is 1.89. The van der Waals surface area contributed by atoms with E-state index in [0.717, 1.165) is 10.0 Å². The fraction of sp³-hybridized carbons (Fsp3) is 0.0667. The van der Waals surface area contributed by atoms with E-state index in [4.69, 9.17) is 5.11 Å². The Morgan fingerprint density at radius 2 is 1.35 bits per heavy atom. The third-order valence-corrected chi connectivity index (χ3v) is 3.63. The second kappa shape index (κ2) is 5.89. The quantitative estimate of drug-likeness (QED) is 0.778. The molecule has 5 heteroatoms. The second-order valence-corrected chi connectivity index (χ2v) is 6.21. The topological polar surface area (TPSA) is 54.4 Å². The van der Waals surface area contributed by atoms with Crippen LogP contribution in [-0.4, -0.2) is 16.9 Å². The van der Waals surface area contributed by atoms with Gasteiger partial charge in [-0.3, -0.25) is 4.79 Å². The molecule has 0 aliphatic heterocycles. The third-order valence-electron chi connectivity index (χ3n) is 2.71. The smallest absolute Gasteiger partial charge is 0.335 e. The molecule has 0 saturated heterocycles. The summed E-state index contributed by atoms with van der Waals surface area (Å²) >= 11 is 6.58. The minimum Gasteiger partial charge on any atom is -0.478 e. The van der Waals surface area contributed by atoms with Gasteiger partial charge in [0.1, 0.15) is 0 Å². The van der Waals surface area contributed by atoms with Crippen molar-refractivity contribution < 1.29 is 14.7 Å². The Bertz CT molecular complexity index is 688. The predicted octanol–water partition coefficient (Wildman–Crippen LogP) is 4.45. The zero-order valence-electron chi connectivity index (χ0n) is 10.5. The normalized spacial score (nSPS) is 10.3. The van der Waals surface area contributed by atoms with Gasteiger partial charge in [0.25, 0.3) is 0 Å². The lowest BCUT2D eigenvalue weighted by Gasteiger charge is -2.06. The van der Waals surface area contributed by atoms with E-state index in [1.807, 2.05) is 13.0 Å². The van der Waals surface area contributed by atoms with Gasteiger partial charge in [-0.15, -0.1) is 0 Å². The monoisotopic (exact) mass is 396 g/mol. The number of rotatable bonds is 3. The largest absolute Gasteiger partial charge is 0.478 e. The molecular weight excluding hydrogens is 388 g/mol. The van der Waals surface area contributed by atoms with E-state index >= 15 is 0 Å². The number of hydrogen-bond acceptors (Lipinski definition) is 2. The molecule has 2 aromatic carbocycles. The number of carboxylic acids is 1. The molecule has 0 unspecified atom stereocenters. The highest BCUT2D eigenvalue weighted by atomic mass is 79.9. The standard InChI is InChI=1S/C15H10Br2O3/c1-8-2-9(5-12(16)3-8)14(18)10-4-11(15(19)20)7-13(17)6-10/h2-7H,1H3,(H,19,20). The van der Waals surface area contributed by atoms with Crippen molar-refractivity contribution in [3.8, 4) is 0 Å². The first-order valence-electron chi connectivity index (χ1n) is 5.72. The van der Waals surface area contributed by atoms with Gasteiger partial charge in [0.15, 0.2) is 5.78 Å². The lowest BCUT2D eigenvalue weighted by molar-refractivity contribution is 0.0697. The highest BCUT2D eigenvalue weighted by Crippen LogP contribution is 2.21. The zero-order valence-corrected chi connectivity index (χ0v) is 13.7. The molecule has 0 saturated carbocycles. The predicted molar refractivity (Wildman–Crippen MR) is 83.4 cm³/mol. The Balaban J connectivity index is 2.50. The molecule has 0 atom stereocenters. The Morgan fingerprint density at radius 1 is 0.850 bits per heavy atom. The number of hydrogen-bond donors (Lipinski definition) is 1. The molecule has 0 heterocycles. The average Bonchev–Trinajstić information content (AvgIpc) is 2.35. The van der Waals surface area contributed by atoms with E-state index in [-0.39, 0.29) is 11.3 Å². The number of carbonyl (C=O) groups excluding carboxylic acids is 1. The number of halogens is 2. The van der Waals surface area contributed by atoms with Crippen molar-refractivity contribution in [2.24, 2.45) is 0 Å². The van der Waals surface area contributed by atoms with Gasteiger partial charge in [0.2, 0.25) is 0 Å². The van der Waals surface area contributed by atoms with Crippen LogP contribution < -0.4 is 0 Å².